The van der Waals surface area contributed by atoms with Gasteiger partial charge in [-0.05, 0) is 73.8 Å². The van der Waals surface area contributed by atoms with Crippen LogP contribution in [0.5, 0.6) is 0 Å². The van der Waals surface area contributed by atoms with E-state index in [9.17, 15) is 4.79 Å². The van der Waals surface area contributed by atoms with Crippen LogP contribution in [0.4, 0.5) is 5.69 Å². The van der Waals surface area contributed by atoms with E-state index in [2.05, 4.69) is 41.5 Å². The summed E-state index contributed by atoms with van der Waals surface area (Å²) in [5, 5.41) is 3.58. The van der Waals surface area contributed by atoms with Gasteiger partial charge in [0.05, 0.1) is 0 Å². The summed E-state index contributed by atoms with van der Waals surface area (Å²) in [6, 6.07) is 15.4. The van der Waals surface area contributed by atoms with E-state index in [-0.39, 0.29) is 5.91 Å². The zero-order valence-electron chi connectivity index (χ0n) is 16.5. The number of benzene rings is 2. The average Bonchev–Trinajstić information content (AvgIpc) is 3.27. The lowest BCUT2D eigenvalue weighted by molar-refractivity contribution is 0.0827. The van der Waals surface area contributed by atoms with Crippen molar-refractivity contribution in [3.8, 4) is 11.1 Å². The molecular weight excluding hydrogens is 334 g/mol. The van der Waals surface area contributed by atoms with E-state index >= 15 is 0 Å². The van der Waals surface area contributed by atoms with E-state index < -0.39 is 0 Å². The van der Waals surface area contributed by atoms with Crippen molar-refractivity contribution < 1.29 is 4.79 Å². The Morgan fingerprint density at radius 1 is 1.19 bits per heavy atom. The Morgan fingerprint density at radius 2 is 2.00 bits per heavy atom. The van der Waals surface area contributed by atoms with E-state index in [4.69, 9.17) is 0 Å². The van der Waals surface area contributed by atoms with E-state index in [1.54, 1.807) is 19.0 Å². The minimum Gasteiger partial charge on any atom is -0.384 e. The molecular formula is C23H29N3O. The number of hydrogen-bond donors (Lipinski definition) is 1. The number of anilines is 1. The lowest BCUT2D eigenvalue weighted by Gasteiger charge is -2.23. The first-order valence-corrected chi connectivity index (χ1v) is 9.93. The molecule has 2 aliphatic heterocycles. The smallest absolute Gasteiger partial charge is 0.253 e. The Morgan fingerprint density at radius 3 is 2.74 bits per heavy atom. The summed E-state index contributed by atoms with van der Waals surface area (Å²) in [5.74, 6) is 0.610. The summed E-state index contributed by atoms with van der Waals surface area (Å²) in [6.07, 6.45) is 3.86. The van der Waals surface area contributed by atoms with Gasteiger partial charge in [0.15, 0.2) is 0 Å². The van der Waals surface area contributed by atoms with Crippen molar-refractivity contribution >= 4 is 11.6 Å². The van der Waals surface area contributed by atoms with Crippen LogP contribution in [0.15, 0.2) is 42.5 Å². The minimum absolute atomic E-state index is 0.0434. The van der Waals surface area contributed by atoms with Crippen molar-refractivity contribution in [2.24, 2.45) is 0 Å². The number of likely N-dealkylation sites (tertiary alicyclic amines) is 1. The Hall–Kier alpha value is -2.33. The minimum atomic E-state index is 0.0434. The summed E-state index contributed by atoms with van der Waals surface area (Å²) in [5.41, 5.74) is 5.73. The third-order valence-corrected chi connectivity index (χ3v) is 6.11. The van der Waals surface area contributed by atoms with Gasteiger partial charge in [-0.15, -0.1) is 0 Å². The van der Waals surface area contributed by atoms with Gasteiger partial charge >= 0.3 is 0 Å². The van der Waals surface area contributed by atoms with Crippen LogP contribution in [-0.2, 0) is 0 Å². The standard InChI is InChI=1S/C23H29N3O/c1-25(2)23(27)18-7-4-6-16(12-18)17-9-10-22-21(14-17)19(15-24-22)13-20-8-5-11-26(20)3/h4,6-7,9-10,12,14,19-20,24H,5,8,11,13,15H2,1-3H3. The quantitative estimate of drug-likeness (QED) is 0.890. The Balaban J connectivity index is 1.60. The lowest BCUT2D eigenvalue weighted by Crippen LogP contribution is -2.27. The molecule has 2 atom stereocenters. The van der Waals surface area contributed by atoms with Crippen LogP contribution in [0.3, 0.4) is 0 Å². The molecule has 0 aliphatic carbocycles. The number of fused-ring (bicyclic) bond motifs is 1. The van der Waals surface area contributed by atoms with Gasteiger partial charge in [0.25, 0.3) is 5.91 Å². The molecule has 142 valence electrons. The van der Waals surface area contributed by atoms with Crippen LogP contribution in [-0.4, -0.2) is 56.0 Å². The molecule has 1 amide bonds. The molecule has 4 nitrogen and oxygen atoms in total. The number of carbonyl (C=O) groups excluding carboxylic acids is 1. The number of hydrogen-bond acceptors (Lipinski definition) is 3. The fourth-order valence-electron chi connectivity index (χ4n) is 4.49. The third kappa shape index (κ3) is 3.59. The molecule has 4 heteroatoms. The molecule has 2 unspecified atom stereocenters. The first-order chi connectivity index (χ1) is 13.0. The van der Waals surface area contributed by atoms with E-state index in [0.29, 0.717) is 12.0 Å². The highest BCUT2D eigenvalue weighted by molar-refractivity contribution is 5.95. The molecule has 0 radical (unpaired) electrons. The van der Waals surface area contributed by atoms with E-state index in [1.165, 1.54) is 42.6 Å². The van der Waals surface area contributed by atoms with Gasteiger partial charge in [-0.2, -0.15) is 0 Å². The van der Waals surface area contributed by atoms with Crippen LogP contribution < -0.4 is 5.32 Å². The van der Waals surface area contributed by atoms with Gasteiger partial charge in [-0.1, -0.05) is 18.2 Å². The van der Waals surface area contributed by atoms with Crippen molar-refractivity contribution in [1.29, 1.82) is 0 Å². The number of carbonyl (C=O) groups is 1. The van der Waals surface area contributed by atoms with Gasteiger partial charge in [0, 0.05) is 43.9 Å². The topological polar surface area (TPSA) is 35.6 Å². The predicted octanol–water partition coefficient (Wildman–Crippen LogP) is 4.05. The average molecular weight is 364 g/mol. The molecule has 0 aromatic heterocycles. The molecule has 2 heterocycles. The van der Waals surface area contributed by atoms with Crippen molar-refractivity contribution in [2.45, 2.75) is 31.2 Å². The molecule has 0 bridgehead atoms. The summed E-state index contributed by atoms with van der Waals surface area (Å²) >= 11 is 0. The highest BCUT2D eigenvalue weighted by Gasteiger charge is 2.29. The Bertz CT molecular complexity index is 845. The van der Waals surface area contributed by atoms with Gasteiger partial charge in [0.1, 0.15) is 0 Å². The van der Waals surface area contributed by atoms with Crippen LogP contribution in [0.1, 0.15) is 41.1 Å². The largest absolute Gasteiger partial charge is 0.384 e. The molecule has 2 aliphatic rings. The number of nitrogens with one attached hydrogen (secondary N) is 1. The van der Waals surface area contributed by atoms with Crippen molar-refractivity contribution in [2.75, 3.05) is 39.5 Å². The summed E-state index contributed by atoms with van der Waals surface area (Å²) in [6.45, 7) is 2.26. The highest BCUT2D eigenvalue weighted by atomic mass is 16.2. The number of nitrogens with zero attached hydrogens (tertiary/aromatic N) is 2. The molecule has 0 saturated carbocycles. The Kier molecular flexibility index (Phi) is 4.92. The fourth-order valence-corrected chi connectivity index (χ4v) is 4.49. The van der Waals surface area contributed by atoms with Crippen molar-refractivity contribution in [1.82, 2.24) is 9.80 Å². The summed E-state index contributed by atoms with van der Waals surface area (Å²) in [4.78, 5) is 16.4. The molecule has 0 spiro atoms. The molecule has 1 saturated heterocycles. The molecule has 1 fully saturated rings. The van der Waals surface area contributed by atoms with Crippen molar-refractivity contribution in [3.63, 3.8) is 0 Å². The van der Waals surface area contributed by atoms with Gasteiger partial charge < -0.3 is 15.1 Å². The number of amides is 1. The van der Waals surface area contributed by atoms with Crippen LogP contribution in [0.2, 0.25) is 0 Å². The SMILES string of the molecule is CN(C)C(=O)c1cccc(-c2ccc3c(c2)C(CC2CCCN2C)CN3)c1. The summed E-state index contributed by atoms with van der Waals surface area (Å²) in [7, 11) is 5.84. The second-order valence-electron chi connectivity index (χ2n) is 8.17. The monoisotopic (exact) mass is 363 g/mol. The fraction of sp³-hybridized carbons (Fsp3) is 0.435. The molecule has 1 N–H and O–H groups in total. The normalized spacial score (nSPS) is 21.7. The maximum Gasteiger partial charge on any atom is 0.253 e. The Labute approximate surface area is 162 Å². The maximum absolute atomic E-state index is 12.3. The van der Waals surface area contributed by atoms with Gasteiger partial charge in [-0.3, -0.25) is 4.79 Å². The molecule has 27 heavy (non-hydrogen) atoms. The maximum atomic E-state index is 12.3. The van der Waals surface area contributed by atoms with E-state index in [1.807, 2.05) is 18.2 Å². The zero-order chi connectivity index (χ0) is 19.0. The van der Waals surface area contributed by atoms with Gasteiger partial charge in [0.2, 0.25) is 0 Å². The molecule has 2 aromatic rings. The van der Waals surface area contributed by atoms with Crippen LogP contribution in [0, 0.1) is 0 Å². The predicted molar refractivity (Wildman–Crippen MR) is 111 cm³/mol. The van der Waals surface area contributed by atoms with Crippen LogP contribution in [0.25, 0.3) is 11.1 Å². The first kappa shape index (κ1) is 18.1. The molecule has 4 rings (SSSR count). The second-order valence-corrected chi connectivity index (χ2v) is 8.17. The third-order valence-electron chi connectivity index (χ3n) is 6.11. The van der Waals surface area contributed by atoms with Crippen LogP contribution >= 0.6 is 0 Å². The van der Waals surface area contributed by atoms with E-state index in [0.717, 1.165) is 17.7 Å². The lowest BCUT2D eigenvalue weighted by atomic mass is 9.90. The van der Waals surface area contributed by atoms with Crippen molar-refractivity contribution in [3.05, 3.63) is 53.6 Å². The highest BCUT2D eigenvalue weighted by Crippen LogP contribution is 2.39. The zero-order valence-corrected chi connectivity index (χ0v) is 16.5. The number of rotatable bonds is 4. The van der Waals surface area contributed by atoms with Gasteiger partial charge in [-0.25, -0.2) is 0 Å². The second kappa shape index (κ2) is 7.35. The summed E-state index contributed by atoms with van der Waals surface area (Å²) < 4.78 is 0. The molecule has 2 aromatic carbocycles. The first-order valence-electron chi connectivity index (χ1n) is 9.93.